The Labute approximate surface area is 83.5 Å². The van der Waals surface area contributed by atoms with Crippen molar-refractivity contribution in [2.24, 2.45) is 5.73 Å². The van der Waals surface area contributed by atoms with Crippen molar-refractivity contribution in [1.82, 2.24) is 4.90 Å². The summed E-state index contributed by atoms with van der Waals surface area (Å²) in [5.41, 5.74) is 6.53. The van der Waals surface area contributed by atoms with E-state index < -0.39 is 0 Å². The first-order valence-electron chi connectivity index (χ1n) is 4.86. The molecule has 1 aliphatic heterocycles. The van der Waals surface area contributed by atoms with Gasteiger partial charge in [-0.25, -0.2) is 4.79 Å². The predicted molar refractivity (Wildman–Crippen MR) is 55.0 cm³/mol. The Hall–Kier alpha value is -1.51. The summed E-state index contributed by atoms with van der Waals surface area (Å²) in [6, 6.07) is 9.97. The third-order valence-corrected chi connectivity index (χ3v) is 2.77. The van der Waals surface area contributed by atoms with E-state index >= 15 is 0 Å². The Morgan fingerprint density at radius 3 is 2.64 bits per heavy atom. The summed E-state index contributed by atoms with van der Waals surface area (Å²) in [7, 11) is 0. The fourth-order valence-electron chi connectivity index (χ4n) is 1.96. The molecule has 1 saturated heterocycles. The highest BCUT2D eigenvalue weighted by molar-refractivity contribution is 5.72. The molecule has 0 aromatic heterocycles. The van der Waals surface area contributed by atoms with Gasteiger partial charge in [0.1, 0.15) is 0 Å². The molecule has 3 heteroatoms. The maximum atomic E-state index is 10.9. The molecule has 1 fully saturated rings. The molecule has 3 nitrogen and oxygen atoms in total. The van der Waals surface area contributed by atoms with Gasteiger partial charge in [-0.05, 0) is 12.0 Å². The minimum absolute atomic E-state index is 0.302. The van der Waals surface area contributed by atoms with Gasteiger partial charge in [-0.1, -0.05) is 30.3 Å². The lowest BCUT2D eigenvalue weighted by Gasteiger charge is -2.13. The van der Waals surface area contributed by atoms with Crippen molar-refractivity contribution in [1.29, 1.82) is 0 Å². The molecule has 1 atom stereocenters. The van der Waals surface area contributed by atoms with Gasteiger partial charge in [0.15, 0.2) is 0 Å². The molecule has 1 aromatic rings. The van der Waals surface area contributed by atoms with Crippen LogP contribution >= 0.6 is 0 Å². The van der Waals surface area contributed by atoms with Gasteiger partial charge in [0.2, 0.25) is 0 Å². The van der Waals surface area contributed by atoms with Gasteiger partial charge in [-0.2, -0.15) is 0 Å². The Morgan fingerprint density at radius 1 is 1.36 bits per heavy atom. The van der Waals surface area contributed by atoms with Crippen molar-refractivity contribution < 1.29 is 4.79 Å². The first-order chi connectivity index (χ1) is 6.77. The molecule has 0 radical (unpaired) electrons. The molecule has 1 aromatic carbocycles. The molecule has 0 aliphatic carbocycles. The van der Waals surface area contributed by atoms with Crippen LogP contribution in [0.15, 0.2) is 30.3 Å². The number of nitrogens with zero attached hydrogens (tertiary/aromatic N) is 1. The number of nitrogens with two attached hydrogens (primary N) is 1. The minimum Gasteiger partial charge on any atom is -0.351 e. The van der Waals surface area contributed by atoms with Gasteiger partial charge >= 0.3 is 6.03 Å². The molecule has 1 heterocycles. The number of amides is 2. The summed E-state index contributed by atoms with van der Waals surface area (Å²) in [5, 5.41) is 0. The SMILES string of the molecule is NC(=O)N1CC[C@H](c2ccccc2)C1. The topological polar surface area (TPSA) is 46.3 Å². The van der Waals surface area contributed by atoms with Crippen molar-refractivity contribution in [2.75, 3.05) is 13.1 Å². The second-order valence-electron chi connectivity index (χ2n) is 3.68. The largest absolute Gasteiger partial charge is 0.351 e. The maximum absolute atomic E-state index is 10.9. The monoisotopic (exact) mass is 190 g/mol. The van der Waals surface area contributed by atoms with Gasteiger partial charge < -0.3 is 10.6 Å². The Balaban J connectivity index is 2.06. The number of hydrogen-bond acceptors (Lipinski definition) is 1. The smallest absolute Gasteiger partial charge is 0.314 e. The van der Waals surface area contributed by atoms with Crippen molar-refractivity contribution >= 4 is 6.03 Å². The highest BCUT2D eigenvalue weighted by atomic mass is 16.2. The summed E-state index contributed by atoms with van der Waals surface area (Å²) in [6.45, 7) is 1.55. The molecule has 1 aliphatic rings. The second-order valence-corrected chi connectivity index (χ2v) is 3.68. The zero-order valence-electron chi connectivity index (χ0n) is 8.02. The van der Waals surface area contributed by atoms with Gasteiger partial charge in [0, 0.05) is 19.0 Å². The number of likely N-dealkylation sites (tertiary alicyclic amines) is 1. The molecule has 2 N–H and O–H groups in total. The standard InChI is InChI=1S/C11H14N2O/c12-11(14)13-7-6-10(8-13)9-4-2-1-3-5-9/h1-5,10H,6-8H2,(H2,12,14)/t10-/m0/s1. The van der Waals surface area contributed by atoms with Crippen LogP contribution in [-0.4, -0.2) is 24.0 Å². The molecule has 0 bridgehead atoms. The van der Waals surface area contributed by atoms with Crippen LogP contribution < -0.4 is 5.73 Å². The van der Waals surface area contributed by atoms with E-state index in [0.29, 0.717) is 5.92 Å². The second kappa shape index (κ2) is 3.70. The Bertz CT molecular complexity index is 323. The van der Waals surface area contributed by atoms with E-state index in [1.165, 1.54) is 5.56 Å². The predicted octanol–water partition coefficient (Wildman–Crippen LogP) is 1.55. The van der Waals surface area contributed by atoms with Crippen LogP contribution in [0, 0.1) is 0 Å². The minimum atomic E-state index is -0.302. The first-order valence-corrected chi connectivity index (χ1v) is 4.86. The van der Waals surface area contributed by atoms with E-state index in [4.69, 9.17) is 5.73 Å². The first kappa shape index (κ1) is 9.06. The molecule has 2 amide bonds. The van der Waals surface area contributed by atoms with Crippen LogP contribution in [0.2, 0.25) is 0 Å². The van der Waals surface area contributed by atoms with E-state index in [1.54, 1.807) is 4.90 Å². The quantitative estimate of drug-likeness (QED) is 0.717. The summed E-state index contributed by atoms with van der Waals surface area (Å²) in [6.07, 6.45) is 1.02. The fraction of sp³-hybridized carbons (Fsp3) is 0.364. The molecule has 0 unspecified atom stereocenters. The number of carbonyl (C=O) groups excluding carboxylic acids is 1. The third-order valence-electron chi connectivity index (χ3n) is 2.77. The average molecular weight is 190 g/mol. The summed E-state index contributed by atoms with van der Waals surface area (Å²) in [5.74, 6) is 0.462. The molecule has 2 rings (SSSR count). The number of rotatable bonds is 1. The molecule has 0 spiro atoms. The van der Waals surface area contributed by atoms with Crippen LogP contribution in [-0.2, 0) is 0 Å². The highest BCUT2D eigenvalue weighted by Crippen LogP contribution is 2.26. The zero-order chi connectivity index (χ0) is 9.97. The average Bonchev–Trinajstić information content (AvgIpc) is 2.68. The zero-order valence-corrected chi connectivity index (χ0v) is 8.02. The van der Waals surface area contributed by atoms with E-state index in [-0.39, 0.29) is 6.03 Å². The lowest BCUT2D eigenvalue weighted by Crippen LogP contribution is -2.33. The molecule has 14 heavy (non-hydrogen) atoms. The van der Waals surface area contributed by atoms with Gasteiger partial charge in [-0.3, -0.25) is 0 Å². The molecule has 0 saturated carbocycles. The van der Waals surface area contributed by atoms with Crippen LogP contribution in [0.4, 0.5) is 4.79 Å². The summed E-state index contributed by atoms with van der Waals surface area (Å²) in [4.78, 5) is 12.6. The van der Waals surface area contributed by atoms with Crippen molar-refractivity contribution in [3.8, 4) is 0 Å². The van der Waals surface area contributed by atoms with Crippen LogP contribution in [0.5, 0.6) is 0 Å². The number of primary amides is 1. The van der Waals surface area contributed by atoms with Gasteiger partial charge in [0.05, 0.1) is 0 Å². The maximum Gasteiger partial charge on any atom is 0.314 e. The van der Waals surface area contributed by atoms with Crippen molar-refractivity contribution in [3.63, 3.8) is 0 Å². The normalized spacial score (nSPS) is 21.1. The third kappa shape index (κ3) is 1.71. The van der Waals surface area contributed by atoms with E-state index in [1.807, 2.05) is 18.2 Å². The number of carbonyl (C=O) groups is 1. The van der Waals surface area contributed by atoms with E-state index in [0.717, 1.165) is 19.5 Å². The number of hydrogen-bond donors (Lipinski definition) is 1. The lowest BCUT2D eigenvalue weighted by molar-refractivity contribution is 0.218. The molecular weight excluding hydrogens is 176 g/mol. The summed E-state index contributed by atoms with van der Waals surface area (Å²) >= 11 is 0. The van der Waals surface area contributed by atoms with E-state index in [9.17, 15) is 4.79 Å². The highest BCUT2D eigenvalue weighted by Gasteiger charge is 2.25. The van der Waals surface area contributed by atoms with Gasteiger partial charge in [0.25, 0.3) is 0 Å². The lowest BCUT2D eigenvalue weighted by atomic mass is 9.99. The number of urea groups is 1. The molecular formula is C11H14N2O. The molecule has 74 valence electrons. The van der Waals surface area contributed by atoms with Crippen LogP contribution in [0.3, 0.4) is 0 Å². The number of benzene rings is 1. The summed E-state index contributed by atoms with van der Waals surface area (Å²) < 4.78 is 0. The van der Waals surface area contributed by atoms with Crippen molar-refractivity contribution in [3.05, 3.63) is 35.9 Å². The van der Waals surface area contributed by atoms with Crippen LogP contribution in [0.1, 0.15) is 17.9 Å². The Kier molecular flexibility index (Phi) is 2.39. The van der Waals surface area contributed by atoms with E-state index in [2.05, 4.69) is 12.1 Å². The van der Waals surface area contributed by atoms with Crippen molar-refractivity contribution in [2.45, 2.75) is 12.3 Å². The Morgan fingerprint density at radius 2 is 2.07 bits per heavy atom. The van der Waals surface area contributed by atoms with Crippen LogP contribution in [0.25, 0.3) is 0 Å². The fourth-order valence-corrected chi connectivity index (χ4v) is 1.96. The van der Waals surface area contributed by atoms with Gasteiger partial charge in [-0.15, -0.1) is 0 Å².